The van der Waals surface area contributed by atoms with Crippen LogP contribution in [0.3, 0.4) is 0 Å². The molecule has 2 aromatic rings. The van der Waals surface area contributed by atoms with Crippen LogP contribution in [0.1, 0.15) is 15.9 Å². The number of hydrogen-bond donors (Lipinski definition) is 2. The maximum Gasteiger partial charge on any atom is 0.257 e. The van der Waals surface area contributed by atoms with Crippen molar-refractivity contribution in [2.75, 3.05) is 11.1 Å². The van der Waals surface area contributed by atoms with Crippen LogP contribution in [0.4, 0.5) is 20.2 Å². The molecule has 0 aliphatic heterocycles. The first-order chi connectivity index (χ1) is 8.95. The van der Waals surface area contributed by atoms with E-state index >= 15 is 0 Å². The lowest BCUT2D eigenvalue weighted by molar-refractivity contribution is 0.102. The van der Waals surface area contributed by atoms with E-state index in [2.05, 4.69) is 5.32 Å². The molecule has 0 bridgehead atoms. The Hall–Kier alpha value is -2.43. The summed E-state index contributed by atoms with van der Waals surface area (Å²) < 4.78 is 26.3. The van der Waals surface area contributed by atoms with E-state index < -0.39 is 17.5 Å². The molecule has 2 aromatic carbocycles. The zero-order valence-corrected chi connectivity index (χ0v) is 10.2. The highest BCUT2D eigenvalue weighted by atomic mass is 19.1. The van der Waals surface area contributed by atoms with Crippen molar-refractivity contribution in [3.63, 3.8) is 0 Å². The van der Waals surface area contributed by atoms with Crippen LogP contribution in [-0.2, 0) is 0 Å². The van der Waals surface area contributed by atoms with E-state index in [1.807, 2.05) is 0 Å². The molecule has 0 radical (unpaired) electrons. The number of rotatable bonds is 2. The fourth-order valence-corrected chi connectivity index (χ4v) is 1.73. The second-order valence-electron chi connectivity index (χ2n) is 4.20. The minimum Gasteiger partial charge on any atom is -0.398 e. The fraction of sp³-hybridized carbons (Fsp3) is 0.0714. The Balaban J connectivity index is 2.28. The van der Waals surface area contributed by atoms with Crippen molar-refractivity contribution in [3.05, 3.63) is 59.2 Å². The van der Waals surface area contributed by atoms with Crippen LogP contribution in [0.5, 0.6) is 0 Å². The molecule has 0 heterocycles. The van der Waals surface area contributed by atoms with Crippen LogP contribution < -0.4 is 11.1 Å². The maximum absolute atomic E-state index is 13.2. The second kappa shape index (κ2) is 5.06. The third kappa shape index (κ3) is 3.07. The Bertz CT molecular complexity index is 621. The van der Waals surface area contributed by atoms with Crippen molar-refractivity contribution >= 4 is 17.3 Å². The van der Waals surface area contributed by atoms with Gasteiger partial charge in [0, 0.05) is 11.4 Å². The molecule has 0 fully saturated rings. The standard InChI is InChI=1S/C14H12F2N2O/c1-8-4-10(16)6-11(5-8)18-14(19)12-7-9(15)2-3-13(12)17/h2-7H,17H2,1H3,(H,18,19). The van der Waals surface area contributed by atoms with Gasteiger partial charge in [-0.3, -0.25) is 4.79 Å². The molecular weight excluding hydrogens is 250 g/mol. The van der Waals surface area contributed by atoms with Crippen molar-refractivity contribution in [1.29, 1.82) is 0 Å². The van der Waals surface area contributed by atoms with Crippen LogP contribution in [-0.4, -0.2) is 5.91 Å². The lowest BCUT2D eigenvalue weighted by Gasteiger charge is -2.08. The molecule has 19 heavy (non-hydrogen) atoms. The van der Waals surface area contributed by atoms with Gasteiger partial charge in [0.2, 0.25) is 0 Å². The van der Waals surface area contributed by atoms with Crippen LogP contribution in [0.25, 0.3) is 0 Å². The van der Waals surface area contributed by atoms with E-state index in [0.717, 1.165) is 6.07 Å². The Morgan fingerprint density at radius 3 is 2.53 bits per heavy atom. The molecule has 0 aromatic heterocycles. The number of anilines is 2. The van der Waals surface area contributed by atoms with Gasteiger partial charge in [-0.25, -0.2) is 8.78 Å². The van der Waals surface area contributed by atoms with Gasteiger partial charge in [0.25, 0.3) is 5.91 Å². The average molecular weight is 262 g/mol. The number of carbonyl (C=O) groups excluding carboxylic acids is 1. The lowest BCUT2D eigenvalue weighted by atomic mass is 10.1. The Morgan fingerprint density at radius 2 is 1.84 bits per heavy atom. The molecule has 98 valence electrons. The monoisotopic (exact) mass is 262 g/mol. The SMILES string of the molecule is Cc1cc(F)cc(NC(=O)c2cc(F)ccc2N)c1. The molecule has 0 unspecified atom stereocenters. The normalized spacial score (nSPS) is 10.3. The van der Waals surface area contributed by atoms with Gasteiger partial charge >= 0.3 is 0 Å². The highest BCUT2D eigenvalue weighted by Crippen LogP contribution is 2.18. The highest BCUT2D eigenvalue weighted by molar-refractivity contribution is 6.07. The molecule has 0 aliphatic carbocycles. The molecular formula is C14H12F2N2O. The number of nitrogen functional groups attached to an aromatic ring is 1. The van der Waals surface area contributed by atoms with Gasteiger partial charge in [0.15, 0.2) is 0 Å². The topological polar surface area (TPSA) is 55.1 Å². The van der Waals surface area contributed by atoms with Crippen LogP contribution in [0.15, 0.2) is 36.4 Å². The van der Waals surface area contributed by atoms with Crippen LogP contribution in [0, 0.1) is 18.6 Å². The summed E-state index contributed by atoms with van der Waals surface area (Å²) >= 11 is 0. The van der Waals surface area contributed by atoms with Crippen molar-refractivity contribution in [3.8, 4) is 0 Å². The molecule has 0 spiro atoms. The van der Waals surface area contributed by atoms with Gasteiger partial charge in [-0.1, -0.05) is 0 Å². The molecule has 1 amide bonds. The summed E-state index contributed by atoms with van der Waals surface area (Å²) in [5, 5.41) is 2.48. The first-order valence-electron chi connectivity index (χ1n) is 5.59. The number of amides is 1. The number of benzene rings is 2. The van der Waals surface area contributed by atoms with Gasteiger partial charge in [-0.05, 0) is 48.9 Å². The molecule has 5 heteroatoms. The van der Waals surface area contributed by atoms with Crippen LogP contribution >= 0.6 is 0 Å². The van der Waals surface area contributed by atoms with Crippen molar-refractivity contribution in [2.24, 2.45) is 0 Å². The zero-order chi connectivity index (χ0) is 14.0. The van der Waals surface area contributed by atoms with Gasteiger partial charge in [-0.2, -0.15) is 0 Å². The lowest BCUT2D eigenvalue weighted by Crippen LogP contribution is -2.14. The third-order valence-corrected chi connectivity index (χ3v) is 2.56. The van der Waals surface area contributed by atoms with Gasteiger partial charge < -0.3 is 11.1 Å². The first kappa shape index (κ1) is 13.0. The first-order valence-corrected chi connectivity index (χ1v) is 5.59. The summed E-state index contributed by atoms with van der Waals surface area (Å²) in [6.45, 7) is 1.70. The fourth-order valence-electron chi connectivity index (χ4n) is 1.73. The smallest absolute Gasteiger partial charge is 0.257 e. The number of nitrogens with two attached hydrogens (primary N) is 1. The Kier molecular flexibility index (Phi) is 3.46. The summed E-state index contributed by atoms with van der Waals surface area (Å²) in [5.74, 6) is -1.60. The summed E-state index contributed by atoms with van der Waals surface area (Å²) in [4.78, 5) is 11.9. The minimum atomic E-state index is -0.581. The maximum atomic E-state index is 13.2. The van der Waals surface area contributed by atoms with Gasteiger partial charge in [-0.15, -0.1) is 0 Å². The minimum absolute atomic E-state index is 0.0157. The predicted octanol–water partition coefficient (Wildman–Crippen LogP) is 3.11. The van der Waals surface area contributed by atoms with E-state index in [0.29, 0.717) is 11.3 Å². The van der Waals surface area contributed by atoms with E-state index in [-0.39, 0.29) is 11.3 Å². The number of nitrogens with one attached hydrogen (secondary N) is 1. The highest BCUT2D eigenvalue weighted by Gasteiger charge is 2.11. The largest absolute Gasteiger partial charge is 0.398 e. The van der Waals surface area contributed by atoms with Crippen LogP contribution in [0.2, 0.25) is 0 Å². The number of carbonyl (C=O) groups is 1. The zero-order valence-electron chi connectivity index (χ0n) is 10.2. The van der Waals surface area contributed by atoms with Gasteiger partial charge in [0.05, 0.1) is 5.56 Å². The quantitative estimate of drug-likeness (QED) is 0.817. The van der Waals surface area contributed by atoms with Crippen molar-refractivity contribution < 1.29 is 13.6 Å². The van der Waals surface area contributed by atoms with E-state index in [1.54, 1.807) is 13.0 Å². The molecule has 0 aliphatic rings. The summed E-state index contributed by atoms with van der Waals surface area (Å²) in [6, 6.07) is 7.64. The Morgan fingerprint density at radius 1 is 1.11 bits per heavy atom. The Labute approximate surface area is 109 Å². The molecule has 0 saturated heterocycles. The van der Waals surface area contributed by atoms with E-state index in [4.69, 9.17) is 5.73 Å². The molecule has 0 saturated carbocycles. The van der Waals surface area contributed by atoms with Crippen molar-refractivity contribution in [1.82, 2.24) is 0 Å². The average Bonchev–Trinajstić information content (AvgIpc) is 2.30. The summed E-state index contributed by atoms with van der Waals surface area (Å²) in [5.41, 5.74) is 6.74. The molecule has 3 nitrogen and oxygen atoms in total. The number of halogens is 2. The second-order valence-corrected chi connectivity index (χ2v) is 4.20. The number of hydrogen-bond acceptors (Lipinski definition) is 2. The van der Waals surface area contributed by atoms with E-state index in [1.165, 1.54) is 24.3 Å². The number of aryl methyl sites for hydroxylation is 1. The third-order valence-electron chi connectivity index (χ3n) is 2.56. The van der Waals surface area contributed by atoms with Gasteiger partial charge in [0.1, 0.15) is 11.6 Å². The molecule has 0 atom stereocenters. The van der Waals surface area contributed by atoms with E-state index in [9.17, 15) is 13.6 Å². The molecule has 3 N–H and O–H groups in total. The summed E-state index contributed by atoms with van der Waals surface area (Å²) in [6.07, 6.45) is 0. The van der Waals surface area contributed by atoms with Crippen molar-refractivity contribution in [2.45, 2.75) is 6.92 Å². The predicted molar refractivity (Wildman–Crippen MR) is 69.9 cm³/mol. The molecule has 2 rings (SSSR count). The summed E-state index contributed by atoms with van der Waals surface area (Å²) in [7, 11) is 0.